The zero-order valence-corrected chi connectivity index (χ0v) is 19.4. The fourth-order valence-corrected chi connectivity index (χ4v) is 5.45. The van der Waals surface area contributed by atoms with E-state index in [-0.39, 0.29) is 29.7 Å². The van der Waals surface area contributed by atoms with Crippen LogP contribution in [0.1, 0.15) is 46.3 Å². The molecule has 0 aromatic carbocycles. The topological polar surface area (TPSA) is 117 Å². The molecule has 1 aliphatic carbocycles. The Balaban J connectivity index is 1.70. The molecule has 1 N–H and O–H groups in total. The molecule has 1 aliphatic rings. The van der Waals surface area contributed by atoms with Gasteiger partial charge >= 0.3 is 17.3 Å². The summed E-state index contributed by atoms with van der Waals surface area (Å²) in [6, 6.07) is 0. The molecule has 0 bridgehead atoms. The van der Waals surface area contributed by atoms with Crippen LogP contribution in [0.5, 0.6) is 0 Å². The number of hydrogen-bond acceptors (Lipinski definition) is 7. The average molecular weight is 480 g/mol. The zero-order chi connectivity index (χ0) is 23.2. The lowest BCUT2D eigenvalue weighted by molar-refractivity contribution is -0.115. The van der Waals surface area contributed by atoms with Crippen molar-refractivity contribution in [1.29, 1.82) is 0 Å². The van der Waals surface area contributed by atoms with Gasteiger partial charge in [-0.05, 0) is 38.2 Å². The van der Waals surface area contributed by atoms with Crippen molar-refractivity contribution in [3.63, 3.8) is 0 Å². The van der Waals surface area contributed by atoms with Crippen molar-refractivity contribution in [1.82, 2.24) is 18.5 Å². The van der Waals surface area contributed by atoms with E-state index in [1.54, 1.807) is 6.92 Å². The van der Waals surface area contributed by atoms with Gasteiger partial charge < -0.3 is 10.1 Å². The summed E-state index contributed by atoms with van der Waals surface area (Å²) in [7, 11) is 2.80. The van der Waals surface area contributed by atoms with E-state index >= 15 is 0 Å². The van der Waals surface area contributed by atoms with Crippen LogP contribution in [0.15, 0.2) is 9.59 Å². The molecular weight excluding hydrogens is 458 g/mol. The minimum Gasteiger partial charge on any atom is -0.462 e. The molecule has 1 amide bonds. The lowest BCUT2D eigenvalue weighted by atomic mass is 9.95. The van der Waals surface area contributed by atoms with Crippen LogP contribution in [-0.2, 0) is 42.9 Å². The maximum Gasteiger partial charge on any atom is 0.341 e. The van der Waals surface area contributed by atoms with E-state index in [4.69, 9.17) is 16.3 Å². The highest BCUT2D eigenvalue weighted by atomic mass is 35.5. The van der Waals surface area contributed by atoms with Crippen molar-refractivity contribution in [3.8, 4) is 0 Å². The smallest absolute Gasteiger partial charge is 0.341 e. The maximum absolute atomic E-state index is 12.9. The number of amides is 1. The van der Waals surface area contributed by atoms with Crippen LogP contribution in [0.3, 0.4) is 0 Å². The number of carbonyl (C=O) groups excluding carboxylic acids is 2. The quantitative estimate of drug-likeness (QED) is 0.556. The molecule has 32 heavy (non-hydrogen) atoms. The Morgan fingerprint density at radius 3 is 2.59 bits per heavy atom. The molecule has 0 saturated heterocycles. The number of ether oxygens (including phenoxy) is 1. The Labute approximate surface area is 191 Å². The number of hydrogen-bond donors (Lipinski definition) is 1. The predicted octanol–water partition coefficient (Wildman–Crippen LogP) is 1.68. The Bertz CT molecular complexity index is 1370. The lowest BCUT2D eigenvalue weighted by Gasteiger charge is -2.12. The third-order valence-corrected chi connectivity index (χ3v) is 7.00. The Hall–Kier alpha value is -2.92. The largest absolute Gasteiger partial charge is 0.462 e. The highest BCUT2D eigenvalue weighted by molar-refractivity contribution is 7.17. The van der Waals surface area contributed by atoms with Crippen LogP contribution < -0.4 is 16.7 Å². The van der Waals surface area contributed by atoms with Gasteiger partial charge in [0.05, 0.1) is 24.3 Å². The van der Waals surface area contributed by atoms with Gasteiger partial charge in [0.25, 0.3) is 0 Å². The van der Waals surface area contributed by atoms with E-state index in [1.807, 2.05) is 0 Å². The summed E-state index contributed by atoms with van der Waals surface area (Å²) in [5, 5.41) is 3.19. The van der Waals surface area contributed by atoms with Crippen molar-refractivity contribution in [3.05, 3.63) is 47.8 Å². The predicted molar refractivity (Wildman–Crippen MR) is 120 cm³/mol. The highest BCUT2D eigenvalue weighted by Gasteiger charge is 2.28. The number of fused-ring (bicyclic) bond motifs is 2. The van der Waals surface area contributed by atoms with Gasteiger partial charge in [0.15, 0.2) is 5.15 Å². The van der Waals surface area contributed by atoms with Crippen molar-refractivity contribution < 1.29 is 14.3 Å². The number of thiophene rings is 1. The molecule has 3 aromatic rings. The van der Waals surface area contributed by atoms with Gasteiger partial charge in [-0.3, -0.25) is 9.36 Å². The Morgan fingerprint density at radius 1 is 1.16 bits per heavy atom. The standard InChI is InChI=1S/C20H22ClN5O5S/c1-4-31-17(28)14-10-7-5-6-8-12(10)32-16(14)22-13(27)9-11-15(21)23-18-24(2)19(29)25(3)20(30)26(11)18/h4-9H2,1-3H3,(H,22,27). The van der Waals surface area contributed by atoms with Gasteiger partial charge in [0, 0.05) is 19.0 Å². The monoisotopic (exact) mass is 479 g/mol. The number of nitrogens with zero attached hydrogens (tertiary/aromatic N) is 4. The van der Waals surface area contributed by atoms with E-state index in [2.05, 4.69) is 10.3 Å². The lowest BCUT2D eigenvalue weighted by Crippen LogP contribution is -2.41. The van der Waals surface area contributed by atoms with Crippen molar-refractivity contribution in [2.24, 2.45) is 14.1 Å². The Morgan fingerprint density at radius 2 is 1.88 bits per heavy atom. The molecule has 10 nitrogen and oxygen atoms in total. The van der Waals surface area contributed by atoms with Crippen LogP contribution in [0.25, 0.3) is 5.78 Å². The second-order valence-electron chi connectivity index (χ2n) is 7.53. The molecule has 0 unspecified atom stereocenters. The summed E-state index contributed by atoms with van der Waals surface area (Å²) in [5.74, 6) is -0.877. The summed E-state index contributed by atoms with van der Waals surface area (Å²) in [6.45, 7) is 1.96. The molecule has 3 heterocycles. The first kappa shape index (κ1) is 22.3. The molecule has 4 rings (SSSR count). The molecule has 170 valence electrons. The second-order valence-corrected chi connectivity index (χ2v) is 8.99. The normalized spacial score (nSPS) is 13.2. The van der Waals surface area contributed by atoms with E-state index in [0.29, 0.717) is 10.6 Å². The summed E-state index contributed by atoms with van der Waals surface area (Å²) in [4.78, 5) is 55.5. The van der Waals surface area contributed by atoms with Crippen LogP contribution in [0.2, 0.25) is 5.15 Å². The average Bonchev–Trinajstić information content (AvgIpc) is 3.28. The van der Waals surface area contributed by atoms with E-state index in [9.17, 15) is 19.2 Å². The number of carbonyl (C=O) groups is 2. The van der Waals surface area contributed by atoms with Gasteiger partial charge in [0.2, 0.25) is 11.7 Å². The number of esters is 1. The number of halogens is 1. The van der Waals surface area contributed by atoms with Gasteiger partial charge in [-0.15, -0.1) is 11.3 Å². The summed E-state index contributed by atoms with van der Waals surface area (Å²) >= 11 is 7.60. The van der Waals surface area contributed by atoms with Crippen LogP contribution >= 0.6 is 22.9 Å². The number of rotatable bonds is 5. The van der Waals surface area contributed by atoms with Crippen LogP contribution in [-0.4, -0.2) is 37.0 Å². The Kier molecular flexibility index (Phi) is 5.95. The van der Waals surface area contributed by atoms with Crippen LogP contribution in [0.4, 0.5) is 5.00 Å². The second kappa shape index (κ2) is 8.55. The molecular formula is C20H22ClN5O5S. The van der Waals surface area contributed by atoms with E-state index in [0.717, 1.165) is 45.1 Å². The maximum atomic E-state index is 12.9. The van der Waals surface area contributed by atoms with Gasteiger partial charge in [-0.25, -0.2) is 23.4 Å². The van der Waals surface area contributed by atoms with Crippen molar-refractivity contribution in [2.45, 2.75) is 39.0 Å². The first-order chi connectivity index (χ1) is 15.2. The fraction of sp³-hybridized carbons (Fsp3) is 0.450. The van der Waals surface area contributed by atoms with Crippen LogP contribution in [0, 0.1) is 0 Å². The van der Waals surface area contributed by atoms with E-state index in [1.165, 1.54) is 30.0 Å². The number of aryl methyl sites for hydroxylation is 2. The third kappa shape index (κ3) is 3.65. The van der Waals surface area contributed by atoms with Gasteiger partial charge in [-0.1, -0.05) is 11.6 Å². The molecule has 0 radical (unpaired) electrons. The molecule has 12 heteroatoms. The van der Waals surface area contributed by atoms with Crippen molar-refractivity contribution in [2.75, 3.05) is 11.9 Å². The summed E-state index contributed by atoms with van der Waals surface area (Å²) in [6.07, 6.45) is 3.36. The van der Waals surface area contributed by atoms with Crippen molar-refractivity contribution >= 4 is 45.6 Å². The van der Waals surface area contributed by atoms with E-state index < -0.39 is 23.3 Å². The fourth-order valence-electron chi connectivity index (χ4n) is 3.93. The number of nitrogens with one attached hydrogen (secondary N) is 1. The minimum atomic E-state index is -0.649. The molecule has 0 saturated carbocycles. The minimum absolute atomic E-state index is 0.0460. The number of anilines is 1. The molecule has 0 aliphatic heterocycles. The third-order valence-electron chi connectivity index (χ3n) is 5.49. The number of aromatic nitrogens is 4. The molecule has 0 spiro atoms. The SMILES string of the molecule is CCOC(=O)c1c(NC(=O)Cc2c(Cl)nc3n(C)c(=O)n(C)c(=O)n23)sc2c1CCCC2. The highest BCUT2D eigenvalue weighted by Crippen LogP contribution is 2.38. The molecule has 3 aromatic heterocycles. The summed E-state index contributed by atoms with van der Waals surface area (Å²) < 4.78 is 8.46. The first-order valence-corrected chi connectivity index (χ1v) is 11.4. The molecule has 0 atom stereocenters. The summed E-state index contributed by atoms with van der Waals surface area (Å²) in [5.41, 5.74) is 0.302. The number of imidazole rings is 1. The zero-order valence-electron chi connectivity index (χ0n) is 17.9. The van der Waals surface area contributed by atoms with Gasteiger partial charge in [-0.2, -0.15) is 4.98 Å². The molecule has 0 fully saturated rings. The van der Waals surface area contributed by atoms with Gasteiger partial charge in [0.1, 0.15) is 5.00 Å². The first-order valence-electron chi connectivity index (χ1n) is 10.2.